The number of alkyl carbamates (subject to hydrolysis) is 1. The Hall–Kier alpha value is -0.910. The lowest BCUT2D eigenvalue weighted by molar-refractivity contribution is -0.139. The zero-order chi connectivity index (χ0) is 19.1. The number of rotatable bonds is 14. The van der Waals surface area contributed by atoms with Crippen LogP contribution in [0.5, 0.6) is 0 Å². The summed E-state index contributed by atoms with van der Waals surface area (Å²) < 4.78 is 5.10. The minimum absolute atomic E-state index is 0.413. The second-order valence-corrected chi connectivity index (χ2v) is 8.64. The van der Waals surface area contributed by atoms with Crippen molar-refractivity contribution in [3.63, 3.8) is 0 Å². The standard InChI is InChI=1S/C19H37NO4S/c1-5-6-7-8-9-10-11-12-14-25-15-13-16(17(21)22)20-18(23)24-19(2,3)4/h16H,5-15H2,1-4H3,(H,20,23)(H,21,22). The third-order valence-corrected chi connectivity index (χ3v) is 4.78. The van der Waals surface area contributed by atoms with E-state index in [-0.39, 0.29) is 0 Å². The lowest BCUT2D eigenvalue weighted by atomic mass is 10.1. The zero-order valence-corrected chi connectivity index (χ0v) is 17.3. The summed E-state index contributed by atoms with van der Waals surface area (Å²) in [5, 5.41) is 11.6. The molecular weight excluding hydrogens is 338 g/mol. The molecule has 6 heteroatoms. The summed E-state index contributed by atoms with van der Waals surface area (Å²) in [6, 6.07) is -0.888. The molecule has 0 aromatic carbocycles. The Morgan fingerprint density at radius 3 is 2.08 bits per heavy atom. The van der Waals surface area contributed by atoms with Crippen LogP contribution >= 0.6 is 11.8 Å². The van der Waals surface area contributed by atoms with Gasteiger partial charge in [-0.2, -0.15) is 11.8 Å². The van der Waals surface area contributed by atoms with Crippen LogP contribution in [0.25, 0.3) is 0 Å². The molecule has 0 aromatic heterocycles. The number of unbranched alkanes of at least 4 members (excludes halogenated alkanes) is 7. The molecule has 0 heterocycles. The van der Waals surface area contributed by atoms with Crippen LogP contribution in [-0.2, 0) is 9.53 Å². The van der Waals surface area contributed by atoms with Gasteiger partial charge in [-0.05, 0) is 45.1 Å². The molecule has 148 valence electrons. The van der Waals surface area contributed by atoms with E-state index in [0.717, 1.165) is 11.5 Å². The number of thioether (sulfide) groups is 1. The molecule has 0 spiro atoms. The number of carboxylic acids is 1. The summed E-state index contributed by atoms with van der Waals surface area (Å²) >= 11 is 1.76. The lowest BCUT2D eigenvalue weighted by Crippen LogP contribution is -2.43. The van der Waals surface area contributed by atoms with E-state index in [0.29, 0.717) is 6.42 Å². The first-order valence-corrected chi connectivity index (χ1v) is 10.7. The van der Waals surface area contributed by atoms with E-state index in [1.54, 1.807) is 32.5 Å². The molecule has 1 amide bonds. The molecule has 0 saturated heterocycles. The summed E-state index contributed by atoms with van der Waals surface area (Å²) in [5.74, 6) is 0.760. The van der Waals surface area contributed by atoms with E-state index in [9.17, 15) is 14.7 Å². The Morgan fingerprint density at radius 1 is 1.00 bits per heavy atom. The molecule has 0 aliphatic carbocycles. The van der Waals surface area contributed by atoms with Crippen molar-refractivity contribution in [3.8, 4) is 0 Å². The normalized spacial score (nSPS) is 12.6. The second kappa shape index (κ2) is 14.3. The summed E-state index contributed by atoms with van der Waals surface area (Å²) in [7, 11) is 0. The third-order valence-electron chi connectivity index (χ3n) is 3.68. The van der Waals surface area contributed by atoms with Gasteiger partial charge in [0.1, 0.15) is 11.6 Å². The molecular formula is C19H37NO4S. The highest BCUT2D eigenvalue weighted by Gasteiger charge is 2.23. The van der Waals surface area contributed by atoms with E-state index in [1.165, 1.54) is 51.4 Å². The van der Waals surface area contributed by atoms with Crippen LogP contribution in [0.15, 0.2) is 0 Å². The highest BCUT2D eigenvalue weighted by atomic mass is 32.2. The molecule has 0 rings (SSSR count). The van der Waals surface area contributed by atoms with Crippen LogP contribution in [0.4, 0.5) is 4.79 Å². The predicted molar refractivity (Wildman–Crippen MR) is 105 cm³/mol. The molecule has 0 bridgehead atoms. The topological polar surface area (TPSA) is 75.6 Å². The molecule has 0 aliphatic rings. The first kappa shape index (κ1) is 24.1. The highest BCUT2D eigenvalue weighted by molar-refractivity contribution is 7.99. The minimum atomic E-state index is -1.02. The Bertz CT molecular complexity index is 369. The van der Waals surface area contributed by atoms with Gasteiger partial charge in [-0.3, -0.25) is 0 Å². The quantitative estimate of drug-likeness (QED) is 0.407. The molecule has 1 atom stereocenters. The molecule has 0 saturated carbocycles. The van der Waals surface area contributed by atoms with E-state index in [1.807, 2.05) is 0 Å². The molecule has 0 fully saturated rings. The van der Waals surface area contributed by atoms with Gasteiger partial charge < -0.3 is 15.2 Å². The van der Waals surface area contributed by atoms with Gasteiger partial charge in [0.15, 0.2) is 0 Å². The summed E-state index contributed by atoms with van der Waals surface area (Å²) in [6.07, 6.45) is 10.1. The molecule has 0 radical (unpaired) electrons. The maximum absolute atomic E-state index is 11.7. The van der Waals surface area contributed by atoms with Gasteiger partial charge in [0.25, 0.3) is 0 Å². The van der Waals surface area contributed by atoms with Gasteiger partial charge in [-0.1, -0.05) is 51.9 Å². The van der Waals surface area contributed by atoms with Gasteiger partial charge in [0.05, 0.1) is 0 Å². The van der Waals surface area contributed by atoms with Crippen molar-refractivity contribution in [2.24, 2.45) is 0 Å². The average Bonchev–Trinajstić information content (AvgIpc) is 2.49. The minimum Gasteiger partial charge on any atom is -0.480 e. The monoisotopic (exact) mass is 375 g/mol. The fraction of sp³-hybridized carbons (Fsp3) is 0.895. The van der Waals surface area contributed by atoms with Crippen molar-refractivity contribution in [1.82, 2.24) is 5.32 Å². The fourth-order valence-electron chi connectivity index (χ4n) is 2.35. The number of carboxylic acid groups (broad SMARTS) is 1. The fourth-order valence-corrected chi connectivity index (χ4v) is 3.36. The third kappa shape index (κ3) is 16.3. The zero-order valence-electron chi connectivity index (χ0n) is 16.4. The van der Waals surface area contributed by atoms with Crippen LogP contribution < -0.4 is 5.32 Å². The number of aliphatic carboxylic acids is 1. The van der Waals surface area contributed by atoms with Gasteiger partial charge in [0.2, 0.25) is 0 Å². The van der Waals surface area contributed by atoms with Crippen molar-refractivity contribution in [2.45, 2.75) is 97.1 Å². The van der Waals surface area contributed by atoms with E-state index in [4.69, 9.17) is 4.74 Å². The molecule has 0 aliphatic heterocycles. The number of hydrogen-bond donors (Lipinski definition) is 2. The van der Waals surface area contributed by atoms with Gasteiger partial charge in [0, 0.05) is 0 Å². The van der Waals surface area contributed by atoms with Crippen LogP contribution in [-0.4, -0.2) is 40.3 Å². The van der Waals surface area contributed by atoms with E-state index in [2.05, 4.69) is 12.2 Å². The van der Waals surface area contributed by atoms with Crippen molar-refractivity contribution >= 4 is 23.8 Å². The van der Waals surface area contributed by atoms with Crippen molar-refractivity contribution in [1.29, 1.82) is 0 Å². The number of nitrogens with one attached hydrogen (secondary N) is 1. The number of amides is 1. The highest BCUT2D eigenvalue weighted by Crippen LogP contribution is 2.13. The molecule has 25 heavy (non-hydrogen) atoms. The SMILES string of the molecule is CCCCCCCCCCSCCC(NC(=O)OC(C)(C)C)C(=O)O. The maximum Gasteiger partial charge on any atom is 0.408 e. The smallest absolute Gasteiger partial charge is 0.408 e. The Balaban J connectivity index is 3.71. The maximum atomic E-state index is 11.7. The molecule has 5 nitrogen and oxygen atoms in total. The van der Waals surface area contributed by atoms with Gasteiger partial charge >= 0.3 is 12.1 Å². The van der Waals surface area contributed by atoms with Crippen LogP contribution in [0.3, 0.4) is 0 Å². The van der Waals surface area contributed by atoms with E-state index >= 15 is 0 Å². The Morgan fingerprint density at radius 2 is 1.56 bits per heavy atom. The van der Waals surface area contributed by atoms with Crippen molar-refractivity contribution in [3.05, 3.63) is 0 Å². The number of ether oxygens (including phenoxy) is 1. The van der Waals surface area contributed by atoms with Crippen LogP contribution in [0.1, 0.15) is 85.5 Å². The Labute approximate surface area is 157 Å². The van der Waals surface area contributed by atoms with Crippen LogP contribution in [0.2, 0.25) is 0 Å². The Kier molecular flexibility index (Phi) is 13.8. The molecule has 2 N–H and O–H groups in total. The number of hydrogen-bond acceptors (Lipinski definition) is 4. The molecule has 0 aromatic rings. The number of carbonyl (C=O) groups excluding carboxylic acids is 1. The van der Waals surface area contributed by atoms with Crippen LogP contribution in [0, 0.1) is 0 Å². The summed E-state index contributed by atoms with van der Waals surface area (Å²) in [5.41, 5.74) is -0.627. The number of carbonyl (C=O) groups is 2. The summed E-state index contributed by atoms with van der Waals surface area (Å²) in [6.45, 7) is 7.49. The van der Waals surface area contributed by atoms with Crippen molar-refractivity contribution in [2.75, 3.05) is 11.5 Å². The first-order chi connectivity index (χ1) is 11.8. The predicted octanol–water partition coefficient (Wildman–Crippen LogP) is 5.23. The largest absolute Gasteiger partial charge is 0.480 e. The van der Waals surface area contributed by atoms with Crippen molar-refractivity contribution < 1.29 is 19.4 Å². The van der Waals surface area contributed by atoms with Gasteiger partial charge in [-0.25, -0.2) is 9.59 Å². The van der Waals surface area contributed by atoms with E-state index < -0.39 is 23.7 Å². The molecule has 1 unspecified atom stereocenters. The first-order valence-electron chi connectivity index (χ1n) is 9.56. The second-order valence-electron chi connectivity index (χ2n) is 7.41. The summed E-state index contributed by atoms with van der Waals surface area (Å²) in [4.78, 5) is 22.9. The lowest BCUT2D eigenvalue weighted by Gasteiger charge is -2.21. The van der Waals surface area contributed by atoms with Gasteiger partial charge in [-0.15, -0.1) is 0 Å². The average molecular weight is 376 g/mol.